The monoisotopic (exact) mass is 336 g/mol. The number of thiophene rings is 2. The van der Waals surface area contributed by atoms with E-state index >= 15 is 0 Å². The van der Waals surface area contributed by atoms with Crippen molar-refractivity contribution in [3.63, 3.8) is 0 Å². The quantitative estimate of drug-likeness (QED) is 0.594. The first-order valence-corrected chi connectivity index (χ1v) is 8.92. The van der Waals surface area contributed by atoms with E-state index in [0.29, 0.717) is 11.5 Å². The third-order valence-electron chi connectivity index (χ3n) is 3.47. The summed E-state index contributed by atoms with van der Waals surface area (Å²) in [6.07, 6.45) is 1.12. The Hall–Kier alpha value is -1.50. The molecule has 2 atom stereocenters. The van der Waals surface area contributed by atoms with Gasteiger partial charge in [-0.05, 0) is 35.7 Å². The highest BCUT2D eigenvalue weighted by atomic mass is 32.1. The second kappa shape index (κ2) is 7.17. The Morgan fingerprint density at radius 3 is 2.73 bits per heavy atom. The van der Waals surface area contributed by atoms with Gasteiger partial charge in [0.15, 0.2) is 6.10 Å². The summed E-state index contributed by atoms with van der Waals surface area (Å²) in [5, 5.41) is 3.71. The van der Waals surface area contributed by atoms with Crippen LogP contribution >= 0.6 is 22.7 Å². The number of rotatable bonds is 6. The van der Waals surface area contributed by atoms with Crippen molar-refractivity contribution >= 4 is 34.4 Å². The topological polar surface area (TPSA) is 52.6 Å². The Morgan fingerprint density at radius 2 is 2.09 bits per heavy atom. The minimum absolute atomic E-state index is 0.0756. The standard InChI is InChI=1S/C16H16O4S2/c17-14(10-11-4-1-7-19-11)20-16(13-6-3-9-22-13)15(18)12-5-2-8-21-12/h2-3,5-6,8-9,11,16H,1,4,7,10H2/t11-,16+/m0/s1. The normalized spacial score (nSPS) is 19.0. The number of carbonyl (C=O) groups excluding carboxylic acids is 2. The predicted octanol–water partition coefficient (Wildman–Crippen LogP) is 3.85. The molecule has 0 saturated carbocycles. The Morgan fingerprint density at radius 1 is 1.27 bits per heavy atom. The maximum Gasteiger partial charge on any atom is 0.309 e. The summed E-state index contributed by atoms with van der Waals surface area (Å²) in [6.45, 7) is 0.695. The number of ketones is 1. The third-order valence-corrected chi connectivity index (χ3v) is 5.27. The maximum absolute atomic E-state index is 12.6. The van der Waals surface area contributed by atoms with Crippen LogP contribution in [0.2, 0.25) is 0 Å². The molecule has 0 spiro atoms. The van der Waals surface area contributed by atoms with E-state index in [0.717, 1.165) is 17.7 Å². The highest BCUT2D eigenvalue weighted by Gasteiger charge is 2.29. The molecule has 0 radical (unpaired) electrons. The fraction of sp³-hybridized carbons (Fsp3) is 0.375. The van der Waals surface area contributed by atoms with E-state index in [1.807, 2.05) is 29.0 Å². The van der Waals surface area contributed by atoms with Crippen LogP contribution < -0.4 is 0 Å². The van der Waals surface area contributed by atoms with Crippen LogP contribution in [0.3, 0.4) is 0 Å². The van der Waals surface area contributed by atoms with Crippen LogP contribution in [0, 0.1) is 0 Å². The minimum atomic E-state index is -0.854. The number of hydrogen-bond acceptors (Lipinski definition) is 6. The molecular weight excluding hydrogens is 320 g/mol. The molecule has 1 aliphatic heterocycles. The number of carbonyl (C=O) groups is 2. The molecule has 0 unspecified atom stereocenters. The zero-order chi connectivity index (χ0) is 15.4. The van der Waals surface area contributed by atoms with Gasteiger partial charge in [0.1, 0.15) is 0 Å². The zero-order valence-corrected chi connectivity index (χ0v) is 13.5. The molecule has 2 aromatic heterocycles. The van der Waals surface area contributed by atoms with Crippen molar-refractivity contribution < 1.29 is 19.1 Å². The molecule has 0 amide bonds. The zero-order valence-electron chi connectivity index (χ0n) is 11.9. The van der Waals surface area contributed by atoms with Crippen LogP contribution in [0.4, 0.5) is 0 Å². The molecule has 1 fully saturated rings. The van der Waals surface area contributed by atoms with E-state index in [1.54, 1.807) is 6.07 Å². The van der Waals surface area contributed by atoms with Gasteiger partial charge in [-0.25, -0.2) is 0 Å². The smallest absolute Gasteiger partial charge is 0.309 e. The van der Waals surface area contributed by atoms with E-state index in [-0.39, 0.29) is 24.3 Å². The van der Waals surface area contributed by atoms with Crippen molar-refractivity contribution in [3.05, 3.63) is 44.8 Å². The SMILES string of the molecule is O=C(C[C@@H]1CCCO1)O[C@@H](C(=O)c1cccs1)c1cccs1. The Balaban J connectivity index is 1.71. The van der Waals surface area contributed by atoms with E-state index in [9.17, 15) is 9.59 Å². The van der Waals surface area contributed by atoms with E-state index in [1.165, 1.54) is 22.7 Å². The second-order valence-electron chi connectivity index (χ2n) is 5.07. The van der Waals surface area contributed by atoms with Crippen molar-refractivity contribution in [1.29, 1.82) is 0 Å². The van der Waals surface area contributed by atoms with Crippen LogP contribution in [0.25, 0.3) is 0 Å². The van der Waals surface area contributed by atoms with E-state index < -0.39 is 6.10 Å². The molecule has 0 aromatic carbocycles. The fourth-order valence-corrected chi connectivity index (χ4v) is 3.83. The first-order chi connectivity index (χ1) is 10.7. The van der Waals surface area contributed by atoms with Gasteiger partial charge in [-0.1, -0.05) is 12.1 Å². The van der Waals surface area contributed by atoms with Gasteiger partial charge in [0.2, 0.25) is 5.78 Å². The van der Waals surface area contributed by atoms with Crippen molar-refractivity contribution in [3.8, 4) is 0 Å². The average molecular weight is 336 g/mol. The average Bonchev–Trinajstić information content (AvgIpc) is 3.24. The predicted molar refractivity (Wildman–Crippen MR) is 85.4 cm³/mol. The first kappa shape index (κ1) is 15.4. The molecule has 0 aliphatic carbocycles. The Kier molecular flexibility index (Phi) is 5.02. The molecule has 116 valence electrons. The molecule has 1 saturated heterocycles. The third kappa shape index (κ3) is 3.63. The number of hydrogen-bond donors (Lipinski definition) is 0. The summed E-state index contributed by atoms with van der Waals surface area (Å²) in [5.74, 6) is -0.548. The molecule has 22 heavy (non-hydrogen) atoms. The molecule has 4 nitrogen and oxygen atoms in total. The van der Waals surface area contributed by atoms with Crippen molar-refractivity contribution in [2.45, 2.75) is 31.5 Å². The van der Waals surface area contributed by atoms with Crippen LogP contribution in [0.15, 0.2) is 35.0 Å². The van der Waals surface area contributed by atoms with E-state index in [4.69, 9.17) is 9.47 Å². The molecule has 2 aromatic rings. The molecule has 3 rings (SSSR count). The first-order valence-electron chi connectivity index (χ1n) is 7.16. The molecule has 1 aliphatic rings. The van der Waals surface area contributed by atoms with E-state index in [2.05, 4.69) is 0 Å². The van der Waals surface area contributed by atoms with Gasteiger partial charge in [0, 0.05) is 6.61 Å². The second-order valence-corrected chi connectivity index (χ2v) is 6.99. The minimum Gasteiger partial charge on any atom is -0.448 e. The van der Waals surface area contributed by atoms with Gasteiger partial charge in [-0.15, -0.1) is 22.7 Å². The number of Topliss-reactive ketones (excluding diaryl/α,β-unsaturated/α-hetero) is 1. The maximum atomic E-state index is 12.6. The largest absolute Gasteiger partial charge is 0.448 e. The number of ether oxygens (including phenoxy) is 2. The summed E-state index contributed by atoms with van der Waals surface area (Å²) in [5.41, 5.74) is 0. The molecule has 3 heterocycles. The van der Waals surface area contributed by atoms with Gasteiger partial charge in [0.05, 0.1) is 22.3 Å². The lowest BCUT2D eigenvalue weighted by Gasteiger charge is -2.16. The van der Waals surface area contributed by atoms with Crippen LogP contribution in [0.5, 0.6) is 0 Å². The van der Waals surface area contributed by atoms with Gasteiger partial charge < -0.3 is 9.47 Å². The Labute approximate surface area is 136 Å². The van der Waals surface area contributed by atoms with Gasteiger partial charge in [-0.2, -0.15) is 0 Å². The molecule has 0 N–H and O–H groups in total. The van der Waals surface area contributed by atoms with Crippen LogP contribution in [-0.2, 0) is 14.3 Å². The summed E-state index contributed by atoms with van der Waals surface area (Å²) < 4.78 is 10.9. The van der Waals surface area contributed by atoms with Gasteiger partial charge in [0.25, 0.3) is 0 Å². The molecule has 6 heteroatoms. The summed E-state index contributed by atoms with van der Waals surface area (Å²) in [7, 11) is 0. The summed E-state index contributed by atoms with van der Waals surface area (Å²) >= 11 is 2.77. The van der Waals surface area contributed by atoms with Gasteiger partial charge >= 0.3 is 5.97 Å². The summed E-state index contributed by atoms with van der Waals surface area (Å²) in [6, 6.07) is 7.24. The highest BCUT2D eigenvalue weighted by molar-refractivity contribution is 7.12. The lowest BCUT2D eigenvalue weighted by molar-refractivity contribution is -0.149. The lowest BCUT2D eigenvalue weighted by atomic mass is 10.1. The molecular formula is C16H16O4S2. The lowest BCUT2D eigenvalue weighted by Crippen LogP contribution is -2.22. The van der Waals surface area contributed by atoms with Crippen molar-refractivity contribution in [2.75, 3.05) is 6.61 Å². The summed E-state index contributed by atoms with van der Waals surface area (Å²) in [4.78, 5) is 26.1. The Bertz CT molecular complexity index is 613. The van der Waals surface area contributed by atoms with Gasteiger partial charge in [-0.3, -0.25) is 9.59 Å². The highest BCUT2D eigenvalue weighted by Crippen LogP contribution is 2.29. The number of esters is 1. The van der Waals surface area contributed by atoms with Crippen LogP contribution in [-0.4, -0.2) is 24.5 Å². The molecule has 0 bridgehead atoms. The van der Waals surface area contributed by atoms with Crippen molar-refractivity contribution in [1.82, 2.24) is 0 Å². The fourth-order valence-electron chi connectivity index (χ4n) is 2.40. The van der Waals surface area contributed by atoms with Crippen molar-refractivity contribution in [2.24, 2.45) is 0 Å². The van der Waals surface area contributed by atoms with Crippen LogP contribution in [0.1, 0.15) is 39.9 Å².